The van der Waals surface area contributed by atoms with Gasteiger partial charge < -0.3 is 10.7 Å². The first-order valence-corrected chi connectivity index (χ1v) is 3.54. The van der Waals surface area contributed by atoms with Crippen molar-refractivity contribution in [3.05, 3.63) is 24.0 Å². The number of nitrogens with one attached hydrogen (secondary N) is 2. The summed E-state index contributed by atoms with van der Waals surface area (Å²) in [7, 11) is 0. The lowest BCUT2D eigenvalue weighted by molar-refractivity contribution is -0.124. The standard InChI is InChI=1S/C7H9N3O3/c8-6(11)4-13-10-7(12)5-2-1-3-9-5/h1-3,9H,4H2,(H2,8,11)(H,10,12). The van der Waals surface area contributed by atoms with E-state index in [4.69, 9.17) is 5.73 Å². The summed E-state index contributed by atoms with van der Waals surface area (Å²) in [5.74, 6) is -1.10. The van der Waals surface area contributed by atoms with Crippen molar-refractivity contribution in [3.8, 4) is 0 Å². The second kappa shape index (κ2) is 4.27. The van der Waals surface area contributed by atoms with E-state index in [9.17, 15) is 9.59 Å². The summed E-state index contributed by atoms with van der Waals surface area (Å²) >= 11 is 0. The number of carbonyl (C=O) groups is 2. The van der Waals surface area contributed by atoms with Gasteiger partial charge in [0.25, 0.3) is 5.91 Å². The number of primary amides is 1. The molecule has 0 atom stereocenters. The van der Waals surface area contributed by atoms with Crippen LogP contribution in [-0.2, 0) is 9.63 Å². The van der Waals surface area contributed by atoms with Crippen LogP contribution in [0.2, 0.25) is 0 Å². The average Bonchev–Trinajstić information content (AvgIpc) is 2.55. The van der Waals surface area contributed by atoms with Gasteiger partial charge >= 0.3 is 0 Å². The molecule has 1 rings (SSSR count). The Morgan fingerprint density at radius 1 is 1.62 bits per heavy atom. The van der Waals surface area contributed by atoms with Crippen LogP contribution in [0.1, 0.15) is 10.5 Å². The molecule has 1 aromatic heterocycles. The van der Waals surface area contributed by atoms with Crippen molar-refractivity contribution in [3.63, 3.8) is 0 Å². The molecule has 0 fully saturated rings. The minimum absolute atomic E-state index is 0.341. The molecule has 0 spiro atoms. The Hall–Kier alpha value is -1.82. The van der Waals surface area contributed by atoms with Crippen molar-refractivity contribution in [2.45, 2.75) is 0 Å². The number of amides is 2. The van der Waals surface area contributed by atoms with Crippen molar-refractivity contribution < 1.29 is 14.4 Å². The molecule has 0 bridgehead atoms. The first-order chi connectivity index (χ1) is 6.20. The number of aromatic amines is 1. The van der Waals surface area contributed by atoms with E-state index in [2.05, 4.69) is 9.82 Å². The molecule has 2 amide bonds. The smallest absolute Gasteiger partial charge is 0.291 e. The Morgan fingerprint density at radius 3 is 2.92 bits per heavy atom. The first-order valence-electron chi connectivity index (χ1n) is 3.54. The summed E-state index contributed by atoms with van der Waals surface area (Å²) in [4.78, 5) is 28.4. The van der Waals surface area contributed by atoms with Gasteiger partial charge in [0.05, 0.1) is 0 Å². The highest BCUT2D eigenvalue weighted by Crippen LogP contribution is 1.92. The maximum atomic E-state index is 11.1. The number of carbonyl (C=O) groups excluding carboxylic acids is 2. The quantitative estimate of drug-likeness (QED) is 0.531. The lowest BCUT2D eigenvalue weighted by atomic mass is 10.4. The molecule has 1 aromatic rings. The molecule has 13 heavy (non-hydrogen) atoms. The third kappa shape index (κ3) is 2.96. The summed E-state index contributed by atoms with van der Waals surface area (Å²) in [6.45, 7) is -0.341. The Balaban J connectivity index is 2.31. The van der Waals surface area contributed by atoms with Gasteiger partial charge in [-0.3, -0.25) is 14.4 Å². The second-order valence-electron chi connectivity index (χ2n) is 2.27. The molecule has 4 N–H and O–H groups in total. The van der Waals surface area contributed by atoms with Crippen LogP contribution in [0.3, 0.4) is 0 Å². The van der Waals surface area contributed by atoms with E-state index >= 15 is 0 Å². The number of rotatable bonds is 4. The van der Waals surface area contributed by atoms with Crippen LogP contribution in [-0.4, -0.2) is 23.4 Å². The SMILES string of the molecule is NC(=O)CONC(=O)c1ccc[nH]1. The van der Waals surface area contributed by atoms with Gasteiger partial charge in [0.15, 0.2) is 6.61 Å². The number of hydrogen-bond acceptors (Lipinski definition) is 3. The molecular formula is C7H9N3O3. The molecule has 0 aliphatic rings. The van der Waals surface area contributed by atoms with E-state index in [1.165, 1.54) is 0 Å². The van der Waals surface area contributed by atoms with Crippen LogP contribution < -0.4 is 11.2 Å². The zero-order valence-electron chi connectivity index (χ0n) is 6.74. The zero-order valence-corrected chi connectivity index (χ0v) is 6.74. The monoisotopic (exact) mass is 183 g/mol. The van der Waals surface area contributed by atoms with E-state index in [0.717, 1.165) is 0 Å². The summed E-state index contributed by atoms with van der Waals surface area (Å²) in [5, 5.41) is 0. The molecule has 0 aliphatic carbocycles. The minimum atomic E-state index is -0.646. The highest BCUT2D eigenvalue weighted by molar-refractivity contribution is 5.91. The Kier molecular flexibility index (Phi) is 3.04. The lowest BCUT2D eigenvalue weighted by Crippen LogP contribution is -2.29. The molecule has 0 unspecified atom stereocenters. The normalized spacial score (nSPS) is 9.54. The summed E-state index contributed by atoms with van der Waals surface area (Å²) in [5.41, 5.74) is 7.17. The van der Waals surface area contributed by atoms with Gasteiger partial charge in [0, 0.05) is 6.20 Å². The molecule has 1 heterocycles. The number of hydroxylamine groups is 1. The van der Waals surface area contributed by atoms with Crippen LogP contribution in [0, 0.1) is 0 Å². The van der Waals surface area contributed by atoms with Crippen LogP contribution in [0.15, 0.2) is 18.3 Å². The molecule has 0 aliphatic heterocycles. The maximum absolute atomic E-state index is 11.1. The molecule has 0 saturated carbocycles. The van der Waals surface area contributed by atoms with E-state index < -0.39 is 11.8 Å². The van der Waals surface area contributed by atoms with E-state index in [1.807, 2.05) is 5.48 Å². The second-order valence-corrected chi connectivity index (χ2v) is 2.27. The molecule has 0 radical (unpaired) electrons. The van der Waals surface area contributed by atoms with Crippen molar-refractivity contribution in [2.75, 3.05) is 6.61 Å². The molecule has 0 saturated heterocycles. The highest BCUT2D eigenvalue weighted by atomic mass is 16.7. The predicted octanol–water partition coefficient (Wildman–Crippen LogP) is -0.839. The van der Waals surface area contributed by atoms with Crippen molar-refractivity contribution >= 4 is 11.8 Å². The highest BCUT2D eigenvalue weighted by Gasteiger charge is 2.05. The molecule has 70 valence electrons. The van der Waals surface area contributed by atoms with Gasteiger partial charge in [-0.15, -0.1) is 0 Å². The maximum Gasteiger partial charge on any atom is 0.291 e. The molecule has 0 aromatic carbocycles. The van der Waals surface area contributed by atoms with Crippen LogP contribution in [0.25, 0.3) is 0 Å². The third-order valence-corrected chi connectivity index (χ3v) is 1.22. The summed E-state index contributed by atoms with van der Waals surface area (Å²) in [6.07, 6.45) is 1.60. The van der Waals surface area contributed by atoms with Crippen molar-refractivity contribution in [1.82, 2.24) is 10.5 Å². The van der Waals surface area contributed by atoms with Gasteiger partial charge in [0.1, 0.15) is 5.69 Å². The molecular weight excluding hydrogens is 174 g/mol. The van der Waals surface area contributed by atoms with Gasteiger partial charge in [0.2, 0.25) is 5.91 Å². The minimum Gasteiger partial charge on any atom is -0.368 e. The Morgan fingerprint density at radius 2 is 2.38 bits per heavy atom. The first kappa shape index (κ1) is 9.27. The van der Waals surface area contributed by atoms with Gasteiger partial charge in [-0.1, -0.05) is 0 Å². The van der Waals surface area contributed by atoms with Gasteiger partial charge in [-0.2, -0.15) is 0 Å². The summed E-state index contributed by atoms with van der Waals surface area (Å²) < 4.78 is 0. The van der Waals surface area contributed by atoms with Crippen LogP contribution in [0.5, 0.6) is 0 Å². The van der Waals surface area contributed by atoms with Crippen LogP contribution >= 0.6 is 0 Å². The fraction of sp³-hybridized carbons (Fsp3) is 0.143. The summed E-state index contributed by atoms with van der Waals surface area (Å²) in [6, 6.07) is 3.24. The van der Waals surface area contributed by atoms with E-state index in [1.54, 1.807) is 18.3 Å². The Bertz CT molecular complexity index is 294. The molecule has 6 nitrogen and oxygen atoms in total. The lowest BCUT2D eigenvalue weighted by Gasteiger charge is -2.01. The fourth-order valence-electron chi connectivity index (χ4n) is 0.699. The third-order valence-electron chi connectivity index (χ3n) is 1.22. The van der Waals surface area contributed by atoms with E-state index in [-0.39, 0.29) is 6.61 Å². The topological polar surface area (TPSA) is 97.2 Å². The number of aromatic nitrogens is 1. The van der Waals surface area contributed by atoms with E-state index in [0.29, 0.717) is 5.69 Å². The average molecular weight is 183 g/mol. The van der Waals surface area contributed by atoms with Gasteiger partial charge in [-0.25, -0.2) is 5.48 Å². The van der Waals surface area contributed by atoms with Gasteiger partial charge in [-0.05, 0) is 12.1 Å². The molecule has 6 heteroatoms. The number of hydrogen-bond donors (Lipinski definition) is 3. The number of nitrogens with two attached hydrogens (primary N) is 1. The largest absolute Gasteiger partial charge is 0.368 e. The zero-order chi connectivity index (χ0) is 9.68. The van der Waals surface area contributed by atoms with Crippen molar-refractivity contribution in [1.29, 1.82) is 0 Å². The predicted molar refractivity (Wildman–Crippen MR) is 43.4 cm³/mol. The Labute approximate surface area is 74.0 Å². The fourth-order valence-corrected chi connectivity index (χ4v) is 0.699. The van der Waals surface area contributed by atoms with Crippen LogP contribution in [0.4, 0.5) is 0 Å². The van der Waals surface area contributed by atoms with Crippen molar-refractivity contribution in [2.24, 2.45) is 5.73 Å². The number of H-pyrrole nitrogens is 1.